The fourth-order valence-electron chi connectivity index (χ4n) is 2.58. The highest BCUT2D eigenvalue weighted by molar-refractivity contribution is 6.34. The van der Waals surface area contributed by atoms with Crippen molar-refractivity contribution in [3.8, 4) is 0 Å². The van der Waals surface area contributed by atoms with Crippen molar-refractivity contribution in [1.82, 2.24) is 0 Å². The van der Waals surface area contributed by atoms with E-state index in [-0.39, 0.29) is 11.6 Å². The van der Waals surface area contributed by atoms with Gasteiger partial charge in [0.25, 0.3) is 0 Å². The largest absolute Gasteiger partial charge is 0.384 e. The maximum atomic E-state index is 12.7. The molecule has 0 saturated carbocycles. The molecule has 0 amide bonds. The number of carbonyl (C=O) groups is 2. The molecule has 2 aromatic carbocycles. The van der Waals surface area contributed by atoms with Gasteiger partial charge in [0.15, 0.2) is 11.6 Å². The first kappa shape index (κ1) is 13.8. The van der Waals surface area contributed by atoms with Crippen molar-refractivity contribution >= 4 is 28.9 Å². The van der Waals surface area contributed by atoms with Gasteiger partial charge in [-0.1, -0.05) is 30.7 Å². The van der Waals surface area contributed by atoms with Crippen LogP contribution in [0.2, 0.25) is 5.02 Å². The maximum Gasteiger partial charge on any atom is 0.196 e. The Morgan fingerprint density at radius 2 is 1.81 bits per heavy atom. The summed E-state index contributed by atoms with van der Waals surface area (Å²) in [5.74, 6) is -0.280. The smallest absolute Gasteiger partial charge is 0.196 e. The molecule has 0 fully saturated rings. The van der Waals surface area contributed by atoms with Crippen LogP contribution in [0.15, 0.2) is 36.4 Å². The summed E-state index contributed by atoms with van der Waals surface area (Å²) < 4.78 is 0. The molecule has 0 bridgehead atoms. The lowest BCUT2D eigenvalue weighted by Gasteiger charge is -2.20. The average Bonchev–Trinajstić information content (AvgIpc) is 2.50. The molecule has 0 saturated heterocycles. The zero-order chi connectivity index (χ0) is 15.0. The third-order valence-electron chi connectivity index (χ3n) is 3.57. The summed E-state index contributed by atoms with van der Waals surface area (Å²) in [6.07, 6.45) is 0.939. The van der Waals surface area contributed by atoms with E-state index in [9.17, 15) is 9.59 Å². The summed E-state index contributed by atoms with van der Waals surface area (Å²) in [7, 11) is 0. The van der Waals surface area contributed by atoms with Crippen LogP contribution in [0.1, 0.15) is 45.2 Å². The molecule has 3 nitrogen and oxygen atoms in total. The molecule has 0 unspecified atom stereocenters. The van der Waals surface area contributed by atoms with Crippen LogP contribution in [0.5, 0.6) is 0 Å². The van der Waals surface area contributed by atoms with Crippen molar-refractivity contribution < 1.29 is 9.59 Å². The first-order valence-corrected chi connectivity index (χ1v) is 7.27. The normalized spacial score (nSPS) is 12.9. The second-order valence-electron chi connectivity index (χ2n) is 5.00. The summed E-state index contributed by atoms with van der Waals surface area (Å²) in [6.45, 7) is 2.80. The molecule has 106 valence electrons. The Morgan fingerprint density at radius 1 is 1.00 bits per heavy atom. The molecule has 1 aliphatic carbocycles. The van der Waals surface area contributed by atoms with Gasteiger partial charge >= 0.3 is 0 Å². The van der Waals surface area contributed by atoms with Crippen molar-refractivity contribution in [1.29, 1.82) is 0 Å². The fourth-order valence-corrected chi connectivity index (χ4v) is 2.75. The topological polar surface area (TPSA) is 46.2 Å². The summed E-state index contributed by atoms with van der Waals surface area (Å²) in [4.78, 5) is 25.3. The van der Waals surface area contributed by atoms with E-state index in [0.29, 0.717) is 33.0 Å². The van der Waals surface area contributed by atoms with Crippen molar-refractivity contribution in [3.63, 3.8) is 0 Å². The number of benzene rings is 2. The monoisotopic (exact) mass is 299 g/mol. The highest BCUT2D eigenvalue weighted by Gasteiger charge is 2.31. The first-order chi connectivity index (χ1) is 10.1. The highest BCUT2D eigenvalue weighted by atomic mass is 35.5. The van der Waals surface area contributed by atoms with Gasteiger partial charge in [0.1, 0.15) is 0 Å². The second-order valence-corrected chi connectivity index (χ2v) is 5.44. The Bertz CT molecular complexity index is 752. The number of halogens is 1. The van der Waals surface area contributed by atoms with E-state index in [1.807, 2.05) is 13.0 Å². The van der Waals surface area contributed by atoms with E-state index in [1.54, 1.807) is 30.3 Å². The predicted molar refractivity (Wildman–Crippen MR) is 83.5 cm³/mol. The number of fused-ring (bicyclic) bond motifs is 2. The lowest BCUT2D eigenvalue weighted by atomic mass is 9.83. The fraction of sp³-hybridized carbons (Fsp3) is 0.176. The number of hydrogen-bond acceptors (Lipinski definition) is 3. The molecule has 0 spiro atoms. The predicted octanol–water partition coefficient (Wildman–Crippen LogP) is 3.94. The zero-order valence-corrected chi connectivity index (χ0v) is 12.3. The van der Waals surface area contributed by atoms with E-state index in [2.05, 4.69) is 5.32 Å². The van der Waals surface area contributed by atoms with Crippen molar-refractivity contribution in [2.75, 3.05) is 11.9 Å². The number of carbonyl (C=O) groups excluding carboxylic acids is 2. The van der Waals surface area contributed by atoms with Gasteiger partial charge in [-0.25, -0.2) is 0 Å². The van der Waals surface area contributed by atoms with Crippen molar-refractivity contribution in [2.24, 2.45) is 0 Å². The van der Waals surface area contributed by atoms with Crippen LogP contribution in [-0.2, 0) is 0 Å². The van der Waals surface area contributed by atoms with Gasteiger partial charge < -0.3 is 5.32 Å². The Labute approximate surface area is 127 Å². The van der Waals surface area contributed by atoms with E-state index in [4.69, 9.17) is 11.6 Å². The maximum absolute atomic E-state index is 12.7. The molecule has 1 aliphatic rings. The average molecular weight is 300 g/mol. The summed E-state index contributed by atoms with van der Waals surface area (Å²) >= 11 is 5.96. The van der Waals surface area contributed by atoms with Gasteiger partial charge in [-0.05, 0) is 30.7 Å². The van der Waals surface area contributed by atoms with Crippen molar-refractivity contribution in [2.45, 2.75) is 13.3 Å². The van der Waals surface area contributed by atoms with Gasteiger partial charge in [0.2, 0.25) is 0 Å². The van der Waals surface area contributed by atoms with E-state index in [0.717, 1.165) is 13.0 Å². The van der Waals surface area contributed by atoms with Crippen LogP contribution in [0, 0.1) is 0 Å². The molecule has 21 heavy (non-hydrogen) atoms. The summed E-state index contributed by atoms with van der Waals surface area (Å²) in [5, 5.41) is 3.67. The summed E-state index contributed by atoms with van der Waals surface area (Å²) in [6, 6.07) is 10.1. The van der Waals surface area contributed by atoms with Crippen LogP contribution in [0.3, 0.4) is 0 Å². The third-order valence-corrected chi connectivity index (χ3v) is 3.81. The van der Waals surface area contributed by atoms with Gasteiger partial charge in [0, 0.05) is 33.9 Å². The van der Waals surface area contributed by atoms with Gasteiger partial charge in [-0.2, -0.15) is 0 Å². The lowest BCUT2D eigenvalue weighted by Crippen LogP contribution is -2.22. The molecular formula is C17H14ClNO2. The lowest BCUT2D eigenvalue weighted by molar-refractivity contribution is 0.0979. The van der Waals surface area contributed by atoms with Gasteiger partial charge in [0.05, 0.1) is 5.56 Å². The van der Waals surface area contributed by atoms with E-state index in [1.165, 1.54) is 0 Å². The Balaban J connectivity index is 2.19. The molecule has 0 radical (unpaired) electrons. The van der Waals surface area contributed by atoms with Crippen LogP contribution >= 0.6 is 11.6 Å². The van der Waals surface area contributed by atoms with Crippen LogP contribution < -0.4 is 5.32 Å². The second kappa shape index (κ2) is 5.34. The van der Waals surface area contributed by atoms with Crippen LogP contribution in [0.25, 0.3) is 0 Å². The molecule has 0 atom stereocenters. The number of hydrogen-bond donors (Lipinski definition) is 1. The number of nitrogens with one attached hydrogen (secondary N) is 1. The van der Waals surface area contributed by atoms with Gasteiger partial charge in [-0.3, -0.25) is 9.59 Å². The minimum Gasteiger partial charge on any atom is -0.384 e. The molecule has 0 aromatic heterocycles. The SMILES string of the molecule is CCCNc1cccc2c1C(=O)c1cc(Cl)ccc1C2=O. The minimum absolute atomic E-state index is 0.128. The zero-order valence-electron chi connectivity index (χ0n) is 11.6. The van der Waals surface area contributed by atoms with E-state index >= 15 is 0 Å². The highest BCUT2D eigenvalue weighted by Crippen LogP contribution is 2.33. The number of rotatable bonds is 3. The Hall–Kier alpha value is -2.13. The molecule has 4 heteroatoms. The standard InChI is InChI=1S/C17H14ClNO2/c1-2-8-19-14-5-3-4-12-15(14)17(21)13-9-10(18)6-7-11(13)16(12)20/h3-7,9,19H,2,8H2,1H3. The Kier molecular flexibility index (Phi) is 3.52. The molecule has 2 aromatic rings. The van der Waals surface area contributed by atoms with Crippen LogP contribution in [-0.4, -0.2) is 18.1 Å². The summed E-state index contributed by atoms with van der Waals surface area (Å²) in [5.41, 5.74) is 2.41. The minimum atomic E-state index is -0.152. The number of anilines is 1. The quantitative estimate of drug-likeness (QED) is 0.797. The molecule has 0 aliphatic heterocycles. The molecular weight excluding hydrogens is 286 g/mol. The first-order valence-electron chi connectivity index (χ1n) is 6.89. The molecule has 1 N–H and O–H groups in total. The molecule has 0 heterocycles. The third kappa shape index (κ3) is 2.24. The number of ketones is 2. The van der Waals surface area contributed by atoms with Gasteiger partial charge in [-0.15, -0.1) is 0 Å². The van der Waals surface area contributed by atoms with E-state index < -0.39 is 0 Å². The Morgan fingerprint density at radius 3 is 2.57 bits per heavy atom. The van der Waals surface area contributed by atoms with Crippen molar-refractivity contribution in [3.05, 3.63) is 63.7 Å². The van der Waals surface area contributed by atoms with Crippen LogP contribution in [0.4, 0.5) is 5.69 Å². The molecule has 3 rings (SSSR count).